The van der Waals surface area contributed by atoms with E-state index in [-0.39, 0.29) is 5.71 Å². The first-order valence-corrected chi connectivity index (χ1v) is 4.41. The van der Waals surface area contributed by atoms with Gasteiger partial charge in [-0.15, -0.1) is 6.58 Å². The van der Waals surface area contributed by atoms with E-state index in [9.17, 15) is 0 Å². The van der Waals surface area contributed by atoms with Crippen LogP contribution in [-0.2, 0) is 6.42 Å². The lowest BCUT2D eigenvalue weighted by Gasteiger charge is -2.00. The lowest BCUT2D eigenvalue weighted by molar-refractivity contribution is 0.316. The number of oxime groups is 2. The predicted molar refractivity (Wildman–Crippen MR) is 58.9 cm³/mol. The van der Waals surface area contributed by atoms with Gasteiger partial charge in [0.1, 0.15) is 5.71 Å². The van der Waals surface area contributed by atoms with Crippen LogP contribution in [0.25, 0.3) is 0 Å². The molecule has 0 aromatic heterocycles. The molecule has 0 heterocycles. The van der Waals surface area contributed by atoms with E-state index < -0.39 is 0 Å². The molecule has 1 aromatic carbocycles. The van der Waals surface area contributed by atoms with Gasteiger partial charge in [0.05, 0.1) is 6.21 Å². The van der Waals surface area contributed by atoms with E-state index in [0.717, 1.165) is 18.2 Å². The zero-order chi connectivity index (χ0) is 11.1. The molecule has 78 valence electrons. The minimum atomic E-state index is 0.211. The van der Waals surface area contributed by atoms with Crippen LogP contribution in [0, 0.1) is 0 Å². The van der Waals surface area contributed by atoms with Crippen LogP contribution in [0.1, 0.15) is 11.1 Å². The van der Waals surface area contributed by atoms with E-state index in [4.69, 9.17) is 10.4 Å². The van der Waals surface area contributed by atoms with Crippen molar-refractivity contribution in [3.63, 3.8) is 0 Å². The molecule has 0 atom stereocenters. The molecule has 0 aliphatic rings. The van der Waals surface area contributed by atoms with Crippen molar-refractivity contribution in [3.8, 4) is 0 Å². The highest BCUT2D eigenvalue weighted by molar-refractivity contribution is 6.37. The van der Waals surface area contributed by atoms with Crippen LogP contribution >= 0.6 is 0 Å². The first-order valence-electron chi connectivity index (χ1n) is 4.41. The predicted octanol–water partition coefficient (Wildman–Crippen LogP) is 2.05. The summed E-state index contributed by atoms with van der Waals surface area (Å²) in [5.41, 5.74) is 2.01. The highest BCUT2D eigenvalue weighted by atomic mass is 16.4. The van der Waals surface area contributed by atoms with Gasteiger partial charge in [-0.2, -0.15) is 0 Å². The number of hydrogen-bond acceptors (Lipinski definition) is 4. The molecule has 4 nitrogen and oxygen atoms in total. The number of hydrogen-bond donors (Lipinski definition) is 2. The summed E-state index contributed by atoms with van der Waals surface area (Å²) in [6, 6.07) is 7.37. The fourth-order valence-corrected chi connectivity index (χ4v) is 1.19. The monoisotopic (exact) mass is 204 g/mol. The highest BCUT2D eigenvalue weighted by Crippen LogP contribution is 2.06. The van der Waals surface area contributed by atoms with Crippen molar-refractivity contribution in [2.24, 2.45) is 10.3 Å². The third-order valence-electron chi connectivity index (χ3n) is 1.92. The minimum Gasteiger partial charge on any atom is -0.411 e. The summed E-state index contributed by atoms with van der Waals surface area (Å²) >= 11 is 0. The summed E-state index contributed by atoms with van der Waals surface area (Å²) in [4.78, 5) is 0. The van der Waals surface area contributed by atoms with E-state index in [1.54, 1.807) is 12.1 Å². The number of rotatable bonds is 4. The molecule has 0 aliphatic carbocycles. The van der Waals surface area contributed by atoms with Crippen molar-refractivity contribution in [1.29, 1.82) is 0 Å². The second-order valence-electron chi connectivity index (χ2n) is 2.92. The second-order valence-corrected chi connectivity index (χ2v) is 2.92. The first kappa shape index (κ1) is 11.0. The lowest BCUT2D eigenvalue weighted by atomic mass is 10.1. The summed E-state index contributed by atoms with van der Waals surface area (Å²) in [6.07, 6.45) is 3.67. The standard InChI is InChI=1S/C11H12N2O2/c1-2-3-9-4-6-10(7-5-9)11(13-15)8-12-14/h2,4-8,14-15H,1,3H2/b12-8+,13-11+. The van der Waals surface area contributed by atoms with Crippen molar-refractivity contribution in [1.82, 2.24) is 0 Å². The van der Waals surface area contributed by atoms with Gasteiger partial charge in [0, 0.05) is 5.56 Å². The summed E-state index contributed by atoms with van der Waals surface area (Å²) in [7, 11) is 0. The molecule has 0 spiro atoms. The Morgan fingerprint density at radius 3 is 2.40 bits per heavy atom. The van der Waals surface area contributed by atoms with Crippen molar-refractivity contribution in [2.45, 2.75) is 6.42 Å². The van der Waals surface area contributed by atoms with Gasteiger partial charge in [0.25, 0.3) is 0 Å². The molecule has 0 fully saturated rings. The largest absolute Gasteiger partial charge is 0.411 e. The summed E-state index contributed by atoms with van der Waals surface area (Å²) in [6.45, 7) is 3.64. The Morgan fingerprint density at radius 2 is 1.93 bits per heavy atom. The fourth-order valence-electron chi connectivity index (χ4n) is 1.19. The molecule has 4 heteroatoms. The van der Waals surface area contributed by atoms with E-state index in [0.29, 0.717) is 5.56 Å². The quantitative estimate of drug-likeness (QED) is 0.341. The van der Waals surface area contributed by atoms with Gasteiger partial charge >= 0.3 is 0 Å². The van der Waals surface area contributed by atoms with Crippen LogP contribution in [0.2, 0.25) is 0 Å². The topological polar surface area (TPSA) is 65.2 Å². The number of nitrogens with zero attached hydrogens (tertiary/aromatic N) is 2. The minimum absolute atomic E-state index is 0.211. The fraction of sp³-hybridized carbons (Fsp3) is 0.0909. The maximum Gasteiger partial charge on any atom is 0.131 e. The average Bonchev–Trinajstić information content (AvgIpc) is 2.28. The van der Waals surface area contributed by atoms with Crippen LogP contribution in [0.3, 0.4) is 0 Å². The summed E-state index contributed by atoms with van der Waals surface area (Å²) in [5, 5.41) is 22.8. The summed E-state index contributed by atoms with van der Waals surface area (Å²) < 4.78 is 0. The zero-order valence-electron chi connectivity index (χ0n) is 8.17. The summed E-state index contributed by atoms with van der Waals surface area (Å²) in [5.74, 6) is 0. The van der Waals surface area contributed by atoms with Crippen molar-refractivity contribution >= 4 is 11.9 Å². The van der Waals surface area contributed by atoms with E-state index >= 15 is 0 Å². The molecule has 0 amide bonds. The van der Waals surface area contributed by atoms with Crippen LogP contribution in [-0.4, -0.2) is 22.3 Å². The molecule has 0 bridgehead atoms. The molecule has 0 radical (unpaired) electrons. The van der Waals surface area contributed by atoms with Gasteiger partial charge in [0.15, 0.2) is 0 Å². The van der Waals surface area contributed by atoms with Gasteiger partial charge in [-0.05, 0) is 12.0 Å². The molecule has 0 unspecified atom stereocenters. The van der Waals surface area contributed by atoms with Crippen LogP contribution in [0.5, 0.6) is 0 Å². The van der Waals surface area contributed by atoms with Crippen molar-refractivity contribution < 1.29 is 10.4 Å². The molecule has 1 aromatic rings. The van der Waals surface area contributed by atoms with E-state index in [2.05, 4.69) is 16.9 Å². The van der Waals surface area contributed by atoms with Gasteiger partial charge in [-0.25, -0.2) is 0 Å². The molecule has 0 saturated heterocycles. The maximum atomic E-state index is 8.65. The SMILES string of the molecule is C=CCc1ccc(C(/C=N/O)=N/O)cc1. The van der Waals surface area contributed by atoms with Gasteiger partial charge in [0.2, 0.25) is 0 Å². The molecule has 2 N–H and O–H groups in total. The first-order chi connectivity index (χ1) is 7.31. The second kappa shape index (κ2) is 5.59. The Bertz CT molecular complexity index is 380. The normalized spacial score (nSPS) is 11.9. The van der Waals surface area contributed by atoms with Gasteiger partial charge in [-0.1, -0.05) is 40.7 Å². The molecular formula is C11H12N2O2. The third kappa shape index (κ3) is 2.95. The molecule has 0 saturated carbocycles. The Balaban J connectivity index is 2.92. The highest BCUT2D eigenvalue weighted by Gasteiger charge is 2.01. The van der Waals surface area contributed by atoms with Gasteiger partial charge in [-0.3, -0.25) is 0 Å². The smallest absolute Gasteiger partial charge is 0.131 e. The maximum absolute atomic E-state index is 8.65. The third-order valence-corrected chi connectivity index (χ3v) is 1.92. The Kier molecular flexibility index (Phi) is 4.09. The number of benzene rings is 1. The van der Waals surface area contributed by atoms with Crippen LogP contribution < -0.4 is 0 Å². The van der Waals surface area contributed by atoms with Crippen molar-refractivity contribution in [3.05, 3.63) is 48.0 Å². The zero-order valence-corrected chi connectivity index (χ0v) is 8.17. The van der Waals surface area contributed by atoms with E-state index in [1.807, 2.05) is 18.2 Å². The van der Waals surface area contributed by atoms with Gasteiger partial charge < -0.3 is 10.4 Å². The van der Waals surface area contributed by atoms with Crippen molar-refractivity contribution in [2.75, 3.05) is 0 Å². The number of allylic oxidation sites excluding steroid dienone is 1. The van der Waals surface area contributed by atoms with Crippen LogP contribution in [0.15, 0.2) is 47.2 Å². The average molecular weight is 204 g/mol. The molecule has 1 rings (SSSR count). The lowest BCUT2D eigenvalue weighted by Crippen LogP contribution is -2.02. The van der Waals surface area contributed by atoms with Crippen LogP contribution in [0.4, 0.5) is 0 Å². The van der Waals surface area contributed by atoms with E-state index in [1.165, 1.54) is 0 Å². The Morgan fingerprint density at radius 1 is 1.27 bits per heavy atom. The Labute approximate surface area is 87.9 Å². The molecular weight excluding hydrogens is 192 g/mol. The Hall–Kier alpha value is -2.10. The molecule has 0 aliphatic heterocycles. The molecule has 15 heavy (non-hydrogen) atoms.